The van der Waals surface area contributed by atoms with Crippen molar-refractivity contribution in [1.82, 2.24) is 9.97 Å². The lowest BCUT2D eigenvalue weighted by atomic mass is 10.1. The Morgan fingerprint density at radius 1 is 1.25 bits per heavy atom. The summed E-state index contributed by atoms with van der Waals surface area (Å²) in [7, 11) is 0. The first-order valence-corrected chi connectivity index (χ1v) is 5.73. The van der Waals surface area contributed by atoms with Gasteiger partial charge in [0.25, 0.3) is 0 Å². The molecule has 2 atom stereocenters. The van der Waals surface area contributed by atoms with Gasteiger partial charge in [-0.2, -0.15) is 0 Å². The summed E-state index contributed by atoms with van der Waals surface area (Å²) in [5, 5.41) is 12.8. The number of halogens is 1. The zero-order chi connectivity index (χ0) is 12.3. The Labute approximate surface area is 101 Å². The van der Waals surface area contributed by atoms with Crippen molar-refractivity contribution in [2.45, 2.75) is 46.3 Å². The molecule has 0 bridgehead atoms. The van der Waals surface area contributed by atoms with Crippen LogP contribution in [0, 0.1) is 13.8 Å². The van der Waals surface area contributed by atoms with E-state index in [-0.39, 0.29) is 12.1 Å². The highest BCUT2D eigenvalue weighted by Crippen LogP contribution is 2.19. The average molecular weight is 244 g/mol. The summed E-state index contributed by atoms with van der Waals surface area (Å²) >= 11 is 5.98. The third kappa shape index (κ3) is 3.61. The number of rotatable bonds is 4. The van der Waals surface area contributed by atoms with Crippen molar-refractivity contribution < 1.29 is 5.11 Å². The second-order valence-corrected chi connectivity index (χ2v) is 4.52. The van der Waals surface area contributed by atoms with Gasteiger partial charge in [-0.25, -0.2) is 9.97 Å². The quantitative estimate of drug-likeness (QED) is 0.852. The highest BCUT2D eigenvalue weighted by atomic mass is 35.5. The Hall–Kier alpha value is -0.870. The number of aromatic nitrogens is 2. The van der Waals surface area contributed by atoms with Gasteiger partial charge in [-0.05, 0) is 34.1 Å². The molecule has 0 aromatic carbocycles. The smallest absolute Gasteiger partial charge is 0.171 e. The van der Waals surface area contributed by atoms with Gasteiger partial charge in [0.05, 0.1) is 17.5 Å². The summed E-state index contributed by atoms with van der Waals surface area (Å²) in [5.74, 6) is 0.581. The molecular weight excluding hydrogens is 226 g/mol. The molecule has 0 saturated heterocycles. The van der Waals surface area contributed by atoms with Crippen LogP contribution in [0.5, 0.6) is 0 Å². The SMILES string of the molecule is Cc1nc(Cl)c(NC(C)CC(C)O)nc1C. The second kappa shape index (κ2) is 5.46. The van der Waals surface area contributed by atoms with Crippen LogP contribution in [0.2, 0.25) is 5.15 Å². The summed E-state index contributed by atoms with van der Waals surface area (Å²) < 4.78 is 0. The molecule has 90 valence electrons. The van der Waals surface area contributed by atoms with Gasteiger partial charge in [0.2, 0.25) is 0 Å². The third-order valence-corrected chi connectivity index (χ3v) is 2.61. The van der Waals surface area contributed by atoms with Crippen LogP contribution >= 0.6 is 11.6 Å². The number of hydrogen-bond donors (Lipinski definition) is 2. The lowest BCUT2D eigenvalue weighted by Gasteiger charge is -2.17. The average Bonchev–Trinajstić information content (AvgIpc) is 2.12. The van der Waals surface area contributed by atoms with Gasteiger partial charge < -0.3 is 10.4 Å². The topological polar surface area (TPSA) is 58.0 Å². The lowest BCUT2D eigenvalue weighted by Crippen LogP contribution is -2.22. The molecule has 1 heterocycles. The molecule has 0 fully saturated rings. The third-order valence-electron chi connectivity index (χ3n) is 2.34. The number of anilines is 1. The van der Waals surface area contributed by atoms with Gasteiger partial charge in [-0.15, -0.1) is 0 Å². The molecule has 16 heavy (non-hydrogen) atoms. The maximum atomic E-state index is 9.26. The van der Waals surface area contributed by atoms with E-state index in [1.54, 1.807) is 6.92 Å². The van der Waals surface area contributed by atoms with E-state index in [2.05, 4.69) is 15.3 Å². The van der Waals surface area contributed by atoms with E-state index in [0.29, 0.717) is 17.4 Å². The standard InChI is InChI=1S/C11H18ClN3O/c1-6(5-7(2)16)13-11-10(12)14-8(3)9(4)15-11/h6-7,16H,5H2,1-4H3,(H,13,15). The number of nitrogens with zero attached hydrogens (tertiary/aromatic N) is 2. The Morgan fingerprint density at radius 3 is 2.38 bits per heavy atom. The number of aliphatic hydroxyl groups is 1. The number of nitrogens with one attached hydrogen (secondary N) is 1. The molecule has 0 aliphatic carbocycles. The Kier molecular flexibility index (Phi) is 4.50. The van der Waals surface area contributed by atoms with Gasteiger partial charge in [0.1, 0.15) is 0 Å². The summed E-state index contributed by atoms with van der Waals surface area (Å²) in [6, 6.07) is 0.105. The molecule has 0 amide bonds. The predicted octanol–water partition coefficient (Wildman–Crippen LogP) is 2.32. The van der Waals surface area contributed by atoms with Crippen LogP contribution in [0.3, 0.4) is 0 Å². The number of aryl methyl sites for hydroxylation is 2. The van der Waals surface area contributed by atoms with Crippen molar-refractivity contribution >= 4 is 17.4 Å². The molecule has 0 aliphatic rings. The van der Waals surface area contributed by atoms with Crippen LogP contribution in [0.1, 0.15) is 31.7 Å². The largest absolute Gasteiger partial charge is 0.393 e. The van der Waals surface area contributed by atoms with E-state index in [4.69, 9.17) is 11.6 Å². The zero-order valence-corrected chi connectivity index (χ0v) is 10.8. The summed E-state index contributed by atoms with van der Waals surface area (Å²) in [4.78, 5) is 8.52. The van der Waals surface area contributed by atoms with E-state index in [9.17, 15) is 5.11 Å². The van der Waals surface area contributed by atoms with Crippen LogP contribution in [0.4, 0.5) is 5.82 Å². The first kappa shape index (κ1) is 13.2. The monoisotopic (exact) mass is 243 g/mol. The highest BCUT2D eigenvalue weighted by Gasteiger charge is 2.11. The molecule has 1 rings (SSSR count). The van der Waals surface area contributed by atoms with Crippen molar-refractivity contribution in [3.8, 4) is 0 Å². The maximum absolute atomic E-state index is 9.26. The number of aliphatic hydroxyl groups excluding tert-OH is 1. The Balaban J connectivity index is 2.77. The molecule has 2 unspecified atom stereocenters. The maximum Gasteiger partial charge on any atom is 0.171 e. The fraction of sp³-hybridized carbons (Fsp3) is 0.636. The summed E-state index contributed by atoms with van der Waals surface area (Å²) in [6.45, 7) is 7.49. The zero-order valence-electron chi connectivity index (χ0n) is 10.1. The first-order valence-electron chi connectivity index (χ1n) is 5.35. The minimum absolute atomic E-state index is 0.105. The normalized spacial score (nSPS) is 14.6. The molecule has 0 aliphatic heterocycles. The fourth-order valence-electron chi connectivity index (χ4n) is 1.47. The van der Waals surface area contributed by atoms with Gasteiger partial charge >= 0.3 is 0 Å². The van der Waals surface area contributed by atoms with Crippen molar-refractivity contribution in [2.24, 2.45) is 0 Å². The predicted molar refractivity (Wildman–Crippen MR) is 65.9 cm³/mol. The molecule has 0 saturated carbocycles. The molecule has 0 spiro atoms. The molecule has 1 aromatic rings. The van der Waals surface area contributed by atoms with E-state index in [1.165, 1.54) is 0 Å². The molecule has 0 radical (unpaired) electrons. The molecular formula is C11H18ClN3O. The van der Waals surface area contributed by atoms with Crippen molar-refractivity contribution in [3.63, 3.8) is 0 Å². The van der Waals surface area contributed by atoms with Gasteiger partial charge in [0.15, 0.2) is 11.0 Å². The van der Waals surface area contributed by atoms with Crippen LogP contribution in [0.25, 0.3) is 0 Å². The van der Waals surface area contributed by atoms with E-state index in [0.717, 1.165) is 11.4 Å². The summed E-state index contributed by atoms with van der Waals surface area (Å²) in [5.41, 5.74) is 1.69. The van der Waals surface area contributed by atoms with Crippen molar-refractivity contribution in [1.29, 1.82) is 0 Å². The number of hydrogen-bond acceptors (Lipinski definition) is 4. The van der Waals surface area contributed by atoms with E-state index < -0.39 is 0 Å². The van der Waals surface area contributed by atoms with Crippen molar-refractivity contribution in [3.05, 3.63) is 16.5 Å². The van der Waals surface area contributed by atoms with E-state index in [1.807, 2.05) is 20.8 Å². The van der Waals surface area contributed by atoms with Crippen LogP contribution in [-0.2, 0) is 0 Å². The molecule has 5 heteroatoms. The first-order chi connectivity index (χ1) is 7.40. The lowest BCUT2D eigenvalue weighted by molar-refractivity contribution is 0.179. The second-order valence-electron chi connectivity index (χ2n) is 4.16. The highest BCUT2D eigenvalue weighted by molar-refractivity contribution is 6.31. The fourth-order valence-corrected chi connectivity index (χ4v) is 1.70. The summed E-state index contributed by atoms with van der Waals surface area (Å²) in [6.07, 6.45) is 0.297. The molecule has 4 nitrogen and oxygen atoms in total. The van der Waals surface area contributed by atoms with Gasteiger partial charge in [0, 0.05) is 6.04 Å². The Bertz CT molecular complexity index is 368. The molecule has 2 N–H and O–H groups in total. The minimum Gasteiger partial charge on any atom is -0.393 e. The Morgan fingerprint density at radius 2 is 1.81 bits per heavy atom. The minimum atomic E-state index is -0.347. The van der Waals surface area contributed by atoms with Gasteiger partial charge in [-0.1, -0.05) is 11.6 Å². The van der Waals surface area contributed by atoms with Crippen molar-refractivity contribution in [2.75, 3.05) is 5.32 Å². The van der Waals surface area contributed by atoms with Gasteiger partial charge in [-0.3, -0.25) is 0 Å². The van der Waals surface area contributed by atoms with Crippen LogP contribution < -0.4 is 5.32 Å². The molecule has 1 aromatic heterocycles. The van der Waals surface area contributed by atoms with Crippen LogP contribution in [0.15, 0.2) is 0 Å². The van der Waals surface area contributed by atoms with Crippen LogP contribution in [-0.4, -0.2) is 27.2 Å². The van der Waals surface area contributed by atoms with E-state index >= 15 is 0 Å².